The fraction of sp³-hybridized carbons (Fsp3) is 0.238. The largest absolute Gasteiger partial charge is 0.573 e. The molecule has 10 heteroatoms. The highest BCUT2D eigenvalue weighted by atomic mass is 19.4. The van der Waals surface area contributed by atoms with Crippen molar-refractivity contribution < 1.29 is 36.6 Å². The zero-order valence-electron chi connectivity index (χ0n) is 15.9. The van der Waals surface area contributed by atoms with E-state index in [1.165, 1.54) is 0 Å². The van der Waals surface area contributed by atoms with Crippen molar-refractivity contribution in [3.8, 4) is 11.5 Å². The molecule has 1 aliphatic heterocycles. The number of benzene rings is 2. The van der Waals surface area contributed by atoms with Gasteiger partial charge in [-0.3, -0.25) is 9.78 Å². The van der Waals surface area contributed by atoms with Crippen LogP contribution in [0, 0.1) is 5.82 Å². The summed E-state index contributed by atoms with van der Waals surface area (Å²) in [6.45, 7) is -0.286. The molecule has 2 aromatic carbocycles. The third-order valence-corrected chi connectivity index (χ3v) is 4.59. The number of hydrogen-bond donors (Lipinski definition) is 0. The lowest BCUT2D eigenvalue weighted by Crippen LogP contribution is -2.49. The zero-order chi connectivity index (χ0) is 22.0. The first kappa shape index (κ1) is 20.9. The van der Waals surface area contributed by atoms with Gasteiger partial charge >= 0.3 is 6.36 Å². The third kappa shape index (κ3) is 4.85. The Balaban J connectivity index is 1.46. The molecule has 0 aliphatic carbocycles. The highest BCUT2D eigenvalue weighted by Gasteiger charge is 2.33. The van der Waals surface area contributed by atoms with Crippen molar-refractivity contribution in [2.45, 2.75) is 12.5 Å². The number of para-hydroxylation sites is 1. The van der Waals surface area contributed by atoms with Gasteiger partial charge in [0.1, 0.15) is 36.3 Å². The van der Waals surface area contributed by atoms with Gasteiger partial charge in [-0.2, -0.15) is 0 Å². The Hall–Kier alpha value is -3.40. The molecule has 1 aliphatic rings. The normalized spacial score (nSPS) is 17.1. The number of rotatable bonds is 5. The number of nitrogens with zero attached hydrogens (tertiary/aromatic N) is 2. The molecule has 0 radical (unpaired) electrons. The Morgan fingerprint density at radius 3 is 2.74 bits per heavy atom. The van der Waals surface area contributed by atoms with Crippen LogP contribution in [0.1, 0.15) is 0 Å². The van der Waals surface area contributed by atoms with Crippen molar-refractivity contribution in [1.82, 2.24) is 4.98 Å². The Labute approximate surface area is 173 Å². The molecule has 0 bridgehead atoms. The first-order chi connectivity index (χ1) is 14.8. The fourth-order valence-corrected chi connectivity index (χ4v) is 3.24. The van der Waals surface area contributed by atoms with E-state index >= 15 is 0 Å². The van der Waals surface area contributed by atoms with E-state index in [0.717, 1.165) is 22.4 Å². The molecular formula is C21H16F4N2O4. The maximum Gasteiger partial charge on any atom is 0.573 e. The molecule has 2 heterocycles. The molecule has 162 valence electrons. The number of amides is 1. The van der Waals surface area contributed by atoms with Crippen LogP contribution in [-0.4, -0.2) is 43.1 Å². The van der Waals surface area contributed by atoms with Crippen LogP contribution in [0.25, 0.3) is 10.9 Å². The average Bonchev–Trinajstić information content (AvgIpc) is 2.72. The summed E-state index contributed by atoms with van der Waals surface area (Å²) in [4.78, 5) is 17.6. The number of aromatic nitrogens is 1. The molecule has 0 saturated carbocycles. The van der Waals surface area contributed by atoms with Crippen LogP contribution in [0.3, 0.4) is 0 Å². The number of pyridine rings is 1. The highest BCUT2D eigenvalue weighted by molar-refractivity contribution is 5.95. The minimum atomic E-state index is -4.94. The van der Waals surface area contributed by atoms with Gasteiger partial charge in [-0.25, -0.2) is 4.39 Å². The van der Waals surface area contributed by atoms with Crippen molar-refractivity contribution in [3.63, 3.8) is 0 Å². The quantitative estimate of drug-likeness (QED) is 0.564. The summed E-state index contributed by atoms with van der Waals surface area (Å²) in [6.07, 6.45) is -3.88. The van der Waals surface area contributed by atoms with Crippen LogP contribution in [0.2, 0.25) is 0 Å². The summed E-state index contributed by atoms with van der Waals surface area (Å²) < 4.78 is 66.4. The number of fused-ring (bicyclic) bond motifs is 1. The number of hydrogen-bond acceptors (Lipinski definition) is 5. The number of halogens is 4. The second-order valence-corrected chi connectivity index (χ2v) is 6.74. The Morgan fingerprint density at radius 1 is 1.16 bits per heavy atom. The standard InChI is InChI=1S/C21H16F4N2O4/c22-16-9-14(31-21(23,24)25)6-7-17(16)27-10-15(29-12-19(27)28)11-30-18-5-1-3-13-4-2-8-26-20(13)18/h1-9,15H,10-12H2/t15-/m0/s1. The number of carbonyl (C=O) groups is 1. The zero-order valence-corrected chi connectivity index (χ0v) is 15.9. The number of morpholine rings is 1. The maximum atomic E-state index is 14.4. The van der Waals surface area contributed by atoms with Crippen molar-refractivity contribution in [1.29, 1.82) is 0 Å². The lowest BCUT2D eigenvalue weighted by molar-refractivity contribution is -0.274. The summed E-state index contributed by atoms with van der Waals surface area (Å²) >= 11 is 0. The molecular weight excluding hydrogens is 420 g/mol. The summed E-state index contributed by atoms with van der Waals surface area (Å²) in [5.74, 6) is -1.72. The lowest BCUT2D eigenvalue weighted by atomic mass is 10.2. The van der Waals surface area contributed by atoms with Crippen LogP contribution in [0.15, 0.2) is 54.7 Å². The Morgan fingerprint density at radius 2 is 1.97 bits per heavy atom. The van der Waals surface area contributed by atoms with Crippen LogP contribution in [0.5, 0.6) is 11.5 Å². The molecule has 4 rings (SSSR count). The Kier molecular flexibility index (Phi) is 5.64. The summed E-state index contributed by atoms with van der Waals surface area (Å²) in [5.41, 5.74) is 0.500. The molecule has 1 saturated heterocycles. The van der Waals surface area contributed by atoms with Gasteiger partial charge in [0.15, 0.2) is 5.82 Å². The van der Waals surface area contributed by atoms with E-state index in [4.69, 9.17) is 9.47 Å². The topological polar surface area (TPSA) is 60.9 Å². The van der Waals surface area contributed by atoms with E-state index in [0.29, 0.717) is 17.3 Å². The number of ether oxygens (including phenoxy) is 3. The van der Waals surface area contributed by atoms with Gasteiger partial charge in [0.05, 0.1) is 12.2 Å². The second-order valence-electron chi connectivity index (χ2n) is 6.74. The third-order valence-electron chi connectivity index (χ3n) is 4.59. The molecule has 0 spiro atoms. The van der Waals surface area contributed by atoms with Crippen molar-refractivity contribution in [3.05, 3.63) is 60.5 Å². The molecule has 31 heavy (non-hydrogen) atoms. The van der Waals surface area contributed by atoms with Crippen LogP contribution in [0.4, 0.5) is 23.2 Å². The fourth-order valence-electron chi connectivity index (χ4n) is 3.24. The van der Waals surface area contributed by atoms with Gasteiger partial charge in [-0.05, 0) is 24.3 Å². The van der Waals surface area contributed by atoms with Gasteiger partial charge in [0, 0.05) is 17.6 Å². The van der Waals surface area contributed by atoms with Crippen LogP contribution in [-0.2, 0) is 9.53 Å². The van der Waals surface area contributed by atoms with E-state index in [1.54, 1.807) is 18.3 Å². The van der Waals surface area contributed by atoms with Gasteiger partial charge in [-0.15, -0.1) is 13.2 Å². The first-order valence-electron chi connectivity index (χ1n) is 9.24. The molecule has 6 nitrogen and oxygen atoms in total. The van der Waals surface area contributed by atoms with E-state index in [1.807, 2.05) is 18.2 Å². The van der Waals surface area contributed by atoms with Gasteiger partial charge < -0.3 is 19.1 Å². The molecule has 0 N–H and O–H groups in total. The summed E-state index contributed by atoms with van der Waals surface area (Å²) in [7, 11) is 0. The van der Waals surface area contributed by atoms with Crippen molar-refractivity contribution in [2.24, 2.45) is 0 Å². The minimum Gasteiger partial charge on any atom is -0.489 e. The second kappa shape index (κ2) is 8.38. The predicted molar refractivity (Wildman–Crippen MR) is 102 cm³/mol. The van der Waals surface area contributed by atoms with Crippen molar-refractivity contribution in [2.75, 3.05) is 24.7 Å². The molecule has 1 fully saturated rings. The molecule has 1 aromatic heterocycles. The van der Waals surface area contributed by atoms with E-state index in [-0.39, 0.29) is 25.4 Å². The summed E-state index contributed by atoms with van der Waals surface area (Å²) in [5, 5.41) is 0.893. The van der Waals surface area contributed by atoms with E-state index in [9.17, 15) is 22.4 Å². The average molecular weight is 436 g/mol. The van der Waals surface area contributed by atoms with Gasteiger partial charge in [0.2, 0.25) is 0 Å². The maximum absolute atomic E-state index is 14.4. The SMILES string of the molecule is O=C1CO[C@H](COc2cccc3cccnc23)CN1c1ccc(OC(F)(F)F)cc1F. The van der Waals surface area contributed by atoms with Gasteiger partial charge in [-0.1, -0.05) is 18.2 Å². The van der Waals surface area contributed by atoms with E-state index < -0.39 is 29.9 Å². The lowest BCUT2D eigenvalue weighted by Gasteiger charge is -2.33. The van der Waals surface area contributed by atoms with Crippen LogP contribution >= 0.6 is 0 Å². The minimum absolute atomic E-state index is 0.0343. The molecule has 1 atom stereocenters. The van der Waals surface area contributed by atoms with Crippen molar-refractivity contribution >= 4 is 22.5 Å². The first-order valence-corrected chi connectivity index (χ1v) is 9.24. The molecule has 3 aromatic rings. The molecule has 0 unspecified atom stereocenters. The number of anilines is 1. The molecule has 1 amide bonds. The van der Waals surface area contributed by atoms with Gasteiger partial charge in [0.25, 0.3) is 5.91 Å². The monoisotopic (exact) mass is 436 g/mol. The number of alkyl halides is 3. The smallest absolute Gasteiger partial charge is 0.489 e. The van der Waals surface area contributed by atoms with Crippen LogP contribution < -0.4 is 14.4 Å². The van der Waals surface area contributed by atoms with E-state index in [2.05, 4.69) is 9.72 Å². The Bertz CT molecular complexity index is 1100. The highest BCUT2D eigenvalue weighted by Crippen LogP contribution is 2.30. The number of carbonyl (C=O) groups excluding carboxylic acids is 1. The predicted octanol–water partition coefficient (Wildman–Crippen LogP) is 4.08. The summed E-state index contributed by atoms with van der Waals surface area (Å²) in [6, 6.07) is 11.7.